The topological polar surface area (TPSA) is 41.4 Å². The molecule has 0 radical (unpaired) electrons. The highest BCUT2D eigenvalue weighted by atomic mass is 16.2. The molecule has 1 aliphatic heterocycles. The fraction of sp³-hybridized carbons (Fsp3) is 0.360. The summed E-state index contributed by atoms with van der Waals surface area (Å²) in [4.78, 5) is 17.5. The van der Waals surface area contributed by atoms with Gasteiger partial charge in [0.15, 0.2) is 0 Å². The zero-order valence-electron chi connectivity index (χ0n) is 18.1. The number of hydrogen-bond acceptors (Lipinski definition) is 3. The Morgan fingerprint density at radius 1 is 0.867 bits per heavy atom. The SMILES string of the molecule is Cc1ccc(CN2CCN(C(=O)c3cccc(Cn4nc(C)cc4C)c3)CC2)cc1. The number of benzene rings is 2. The molecule has 3 aromatic rings. The van der Waals surface area contributed by atoms with E-state index in [0.29, 0.717) is 6.54 Å². The Hall–Kier alpha value is -2.92. The van der Waals surface area contributed by atoms with E-state index in [9.17, 15) is 4.79 Å². The number of aryl methyl sites for hydroxylation is 3. The van der Waals surface area contributed by atoms with E-state index in [2.05, 4.69) is 60.2 Å². The summed E-state index contributed by atoms with van der Waals surface area (Å²) in [7, 11) is 0. The van der Waals surface area contributed by atoms with Crippen molar-refractivity contribution < 1.29 is 4.79 Å². The standard InChI is InChI=1S/C25H30N4O/c1-19-7-9-22(10-8-19)17-27-11-13-28(14-12-27)25(30)24-6-4-5-23(16-24)18-29-21(3)15-20(2)26-29/h4-10,15-16H,11-14,17-18H2,1-3H3. The fourth-order valence-electron chi connectivity index (χ4n) is 4.05. The Balaban J connectivity index is 1.36. The molecule has 2 aromatic carbocycles. The molecule has 0 saturated carbocycles. The number of carbonyl (C=O) groups excluding carboxylic acids is 1. The van der Waals surface area contributed by atoms with Gasteiger partial charge in [0.05, 0.1) is 12.2 Å². The lowest BCUT2D eigenvalue weighted by atomic mass is 10.1. The van der Waals surface area contributed by atoms with Crippen molar-refractivity contribution in [1.29, 1.82) is 0 Å². The predicted molar refractivity (Wildman–Crippen MR) is 120 cm³/mol. The summed E-state index contributed by atoms with van der Waals surface area (Å²) in [6, 6.07) is 18.8. The maximum absolute atomic E-state index is 13.1. The molecule has 1 aliphatic rings. The second-order valence-corrected chi connectivity index (χ2v) is 8.34. The third-order valence-corrected chi connectivity index (χ3v) is 5.80. The van der Waals surface area contributed by atoms with E-state index in [-0.39, 0.29) is 5.91 Å². The minimum atomic E-state index is 0.125. The van der Waals surface area contributed by atoms with Crippen LogP contribution < -0.4 is 0 Å². The normalized spacial score (nSPS) is 14.8. The summed E-state index contributed by atoms with van der Waals surface area (Å²) < 4.78 is 1.99. The molecule has 0 bridgehead atoms. The van der Waals surface area contributed by atoms with Gasteiger partial charge in [0.25, 0.3) is 5.91 Å². The number of piperazine rings is 1. The van der Waals surface area contributed by atoms with Crippen molar-refractivity contribution in [2.45, 2.75) is 33.9 Å². The van der Waals surface area contributed by atoms with Crippen LogP contribution in [-0.4, -0.2) is 51.7 Å². The van der Waals surface area contributed by atoms with Crippen LogP contribution in [0, 0.1) is 20.8 Å². The maximum atomic E-state index is 13.1. The Kier molecular flexibility index (Phi) is 6.00. The monoisotopic (exact) mass is 402 g/mol. The quantitative estimate of drug-likeness (QED) is 0.652. The number of aromatic nitrogens is 2. The van der Waals surface area contributed by atoms with Crippen molar-refractivity contribution in [1.82, 2.24) is 19.6 Å². The summed E-state index contributed by atoms with van der Waals surface area (Å²) in [5.74, 6) is 0.125. The van der Waals surface area contributed by atoms with E-state index in [1.807, 2.05) is 34.7 Å². The second-order valence-electron chi connectivity index (χ2n) is 8.34. The lowest BCUT2D eigenvalue weighted by Gasteiger charge is -2.35. The highest BCUT2D eigenvalue weighted by molar-refractivity contribution is 5.94. The minimum Gasteiger partial charge on any atom is -0.336 e. The van der Waals surface area contributed by atoms with E-state index in [1.165, 1.54) is 11.1 Å². The predicted octanol–water partition coefficient (Wildman–Crippen LogP) is 3.81. The van der Waals surface area contributed by atoms with E-state index < -0.39 is 0 Å². The number of rotatable bonds is 5. The third-order valence-electron chi connectivity index (χ3n) is 5.80. The molecular formula is C25H30N4O. The number of amides is 1. The number of nitrogens with zero attached hydrogens (tertiary/aromatic N) is 4. The molecule has 1 saturated heterocycles. The average molecular weight is 403 g/mol. The van der Waals surface area contributed by atoms with Crippen molar-refractivity contribution in [3.05, 3.63) is 88.2 Å². The van der Waals surface area contributed by atoms with Crippen LogP contribution in [0.1, 0.15) is 38.4 Å². The van der Waals surface area contributed by atoms with Crippen LogP contribution >= 0.6 is 0 Å². The van der Waals surface area contributed by atoms with Gasteiger partial charge in [-0.2, -0.15) is 5.10 Å². The van der Waals surface area contributed by atoms with E-state index in [4.69, 9.17) is 0 Å². The molecule has 5 heteroatoms. The molecule has 4 rings (SSSR count). The van der Waals surface area contributed by atoms with Crippen LogP contribution in [-0.2, 0) is 13.1 Å². The Morgan fingerprint density at radius 2 is 1.60 bits per heavy atom. The molecule has 1 fully saturated rings. The van der Waals surface area contributed by atoms with Gasteiger partial charge in [-0.3, -0.25) is 14.4 Å². The third kappa shape index (κ3) is 4.79. The van der Waals surface area contributed by atoms with Gasteiger partial charge in [-0.1, -0.05) is 42.0 Å². The van der Waals surface area contributed by atoms with E-state index in [0.717, 1.165) is 55.2 Å². The molecule has 0 spiro atoms. The average Bonchev–Trinajstić information content (AvgIpc) is 3.06. The van der Waals surface area contributed by atoms with Gasteiger partial charge in [-0.25, -0.2) is 0 Å². The smallest absolute Gasteiger partial charge is 0.253 e. The summed E-state index contributed by atoms with van der Waals surface area (Å²) in [5.41, 5.74) is 6.63. The fourth-order valence-corrected chi connectivity index (χ4v) is 4.05. The maximum Gasteiger partial charge on any atom is 0.253 e. The van der Waals surface area contributed by atoms with E-state index in [1.54, 1.807) is 0 Å². The summed E-state index contributed by atoms with van der Waals surface area (Å²) in [6.07, 6.45) is 0. The molecule has 0 unspecified atom stereocenters. The largest absolute Gasteiger partial charge is 0.336 e. The van der Waals surface area contributed by atoms with E-state index >= 15 is 0 Å². The van der Waals surface area contributed by atoms with Gasteiger partial charge in [0.2, 0.25) is 0 Å². The van der Waals surface area contributed by atoms with Gasteiger partial charge >= 0.3 is 0 Å². The van der Waals surface area contributed by atoms with Gasteiger partial charge in [0.1, 0.15) is 0 Å². The second kappa shape index (κ2) is 8.84. The van der Waals surface area contributed by atoms with Gasteiger partial charge in [0, 0.05) is 44.0 Å². The van der Waals surface area contributed by atoms with Crippen LogP contribution in [0.2, 0.25) is 0 Å². The lowest BCUT2D eigenvalue weighted by molar-refractivity contribution is 0.0628. The van der Waals surface area contributed by atoms with Crippen LogP contribution in [0.3, 0.4) is 0 Å². The lowest BCUT2D eigenvalue weighted by Crippen LogP contribution is -2.48. The molecule has 30 heavy (non-hydrogen) atoms. The first-order valence-electron chi connectivity index (χ1n) is 10.6. The van der Waals surface area contributed by atoms with Gasteiger partial charge < -0.3 is 4.90 Å². The molecule has 0 atom stereocenters. The first kappa shape index (κ1) is 20.4. The van der Waals surface area contributed by atoms with Crippen molar-refractivity contribution in [3.8, 4) is 0 Å². The molecule has 0 aliphatic carbocycles. The molecular weight excluding hydrogens is 372 g/mol. The zero-order chi connectivity index (χ0) is 21.1. The molecule has 156 valence electrons. The molecule has 1 aromatic heterocycles. The molecule has 0 N–H and O–H groups in total. The van der Waals surface area contributed by atoms with Crippen LogP contribution in [0.15, 0.2) is 54.6 Å². The van der Waals surface area contributed by atoms with Crippen LogP contribution in [0.25, 0.3) is 0 Å². The first-order valence-corrected chi connectivity index (χ1v) is 10.6. The van der Waals surface area contributed by atoms with Crippen molar-refractivity contribution in [3.63, 3.8) is 0 Å². The Bertz CT molecular complexity index is 1010. The Labute approximate surface area is 178 Å². The Morgan fingerprint density at radius 3 is 2.27 bits per heavy atom. The van der Waals surface area contributed by atoms with Crippen LogP contribution in [0.5, 0.6) is 0 Å². The van der Waals surface area contributed by atoms with Crippen molar-refractivity contribution >= 4 is 5.91 Å². The minimum absolute atomic E-state index is 0.125. The van der Waals surface area contributed by atoms with Gasteiger partial charge in [-0.15, -0.1) is 0 Å². The highest BCUT2D eigenvalue weighted by Gasteiger charge is 2.22. The number of carbonyl (C=O) groups is 1. The van der Waals surface area contributed by atoms with Crippen molar-refractivity contribution in [2.75, 3.05) is 26.2 Å². The number of hydrogen-bond donors (Lipinski definition) is 0. The summed E-state index contributed by atoms with van der Waals surface area (Å²) in [6.45, 7) is 11.2. The highest BCUT2D eigenvalue weighted by Crippen LogP contribution is 2.15. The van der Waals surface area contributed by atoms with Gasteiger partial charge in [-0.05, 0) is 50.1 Å². The van der Waals surface area contributed by atoms with Crippen molar-refractivity contribution in [2.24, 2.45) is 0 Å². The summed E-state index contributed by atoms with van der Waals surface area (Å²) in [5, 5.41) is 4.53. The molecule has 2 heterocycles. The molecule has 1 amide bonds. The zero-order valence-corrected chi connectivity index (χ0v) is 18.1. The van der Waals surface area contributed by atoms with Crippen LogP contribution in [0.4, 0.5) is 0 Å². The summed E-state index contributed by atoms with van der Waals surface area (Å²) >= 11 is 0. The first-order chi connectivity index (χ1) is 14.5. The molecule has 5 nitrogen and oxygen atoms in total.